The number of nitrogens with one attached hydrogen (secondary N) is 1. The number of piperidine rings is 1. The van der Waals surface area contributed by atoms with Crippen LogP contribution in [0.1, 0.15) is 44.7 Å². The highest BCUT2D eigenvalue weighted by molar-refractivity contribution is 7.82. The number of hydrogen-bond acceptors (Lipinski definition) is 7. The molecule has 10 nitrogen and oxygen atoms in total. The van der Waals surface area contributed by atoms with Crippen molar-refractivity contribution in [2.75, 3.05) is 58.3 Å². The molecular formula is C30H45N5O5S. The molecule has 2 aromatic rings. The largest absolute Gasteiger partial charge is 0.497 e. The predicted molar refractivity (Wildman–Crippen MR) is 161 cm³/mol. The average molecular weight is 588 g/mol. The van der Waals surface area contributed by atoms with Gasteiger partial charge in [0, 0.05) is 57.9 Å². The van der Waals surface area contributed by atoms with E-state index in [1.807, 2.05) is 38.1 Å². The highest BCUT2D eigenvalue weighted by Gasteiger charge is 2.26. The second kappa shape index (κ2) is 14.6. The van der Waals surface area contributed by atoms with Crippen molar-refractivity contribution >= 4 is 28.7 Å². The van der Waals surface area contributed by atoms with E-state index in [2.05, 4.69) is 15.2 Å². The summed E-state index contributed by atoms with van der Waals surface area (Å²) in [5.74, 6) is 0.847. The summed E-state index contributed by atoms with van der Waals surface area (Å²) < 4.78 is 26.0. The van der Waals surface area contributed by atoms with E-state index in [-0.39, 0.29) is 25.5 Å². The van der Waals surface area contributed by atoms with Crippen molar-refractivity contribution in [3.8, 4) is 5.75 Å². The molecule has 1 fully saturated rings. The summed E-state index contributed by atoms with van der Waals surface area (Å²) in [6.07, 6.45) is 4.97. The third kappa shape index (κ3) is 9.71. The van der Waals surface area contributed by atoms with E-state index in [1.54, 1.807) is 51.6 Å². The number of carbonyl (C=O) groups excluding carboxylic acids is 2. The molecule has 1 aromatic carbocycles. The number of anilines is 1. The number of amides is 2. The lowest BCUT2D eigenvalue weighted by atomic mass is 9.96. The van der Waals surface area contributed by atoms with Crippen molar-refractivity contribution in [3.05, 3.63) is 47.8 Å². The van der Waals surface area contributed by atoms with Gasteiger partial charge in [0.2, 0.25) is 5.91 Å². The molecular weight excluding hydrogens is 542 g/mol. The van der Waals surface area contributed by atoms with Gasteiger partial charge in [-0.3, -0.25) is 14.7 Å². The van der Waals surface area contributed by atoms with Crippen LogP contribution in [-0.4, -0.2) is 89.4 Å². The highest BCUT2D eigenvalue weighted by atomic mass is 32.2. The van der Waals surface area contributed by atoms with Gasteiger partial charge in [-0.2, -0.15) is 0 Å². The molecule has 1 atom stereocenters. The van der Waals surface area contributed by atoms with Crippen molar-refractivity contribution in [1.29, 1.82) is 0 Å². The molecule has 2 heterocycles. The first kappa shape index (κ1) is 32.3. The summed E-state index contributed by atoms with van der Waals surface area (Å²) in [5, 5.41) is 3.01. The zero-order valence-electron chi connectivity index (χ0n) is 25.4. The molecule has 41 heavy (non-hydrogen) atoms. The maximum atomic E-state index is 13.4. The van der Waals surface area contributed by atoms with Gasteiger partial charge in [-0.25, -0.2) is 13.3 Å². The zero-order chi connectivity index (χ0) is 30.2. The lowest BCUT2D eigenvalue weighted by Crippen LogP contribution is -2.47. The quantitative estimate of drug-likeness (QED) is 0.425. The van der Waals surface area contributed by atoms with Crippen molar-refractivity contribution in [1.82, 2.24) is 19.5 Å². The number of nitrogens with zero attached hydrogens (tertiary/aromatic N) is 4. The first-order valence-electron chi connectivity index (χ1n) is 14.1. The predicted octanol–water partition coefficient (Wildman–Crippen LogP) is 3.93. The van der Waals surface area contributed by atoms with E-state index in [4.69, 9.17) is 9.47 Å². The number of likely N-dealkylation sites (N-methyl/N-ethyl adjacent to an activating group) is 1. The Morgan fingerprint density at radius 1 is 1.10 bits per heavy atom. The highest BCUT2D eigenvalue weighted by Crippen LogP contribution is 2.26. The summed E-state index contributed by atoms with van der Waals surface area (Å²) in [6, 6.07) is 7.74. The van der Waals surface area contributed by atoms with Crippen LogP contribution in [0, 0.1) is 19.8 Å². The van der Waals surface area contributed by atoms with Gasteiger partial charge in [-0.1, -0.05) is 0 Å². The summed E-state index contributed by atoms with van der Waals surface area (Å²) in [7, 11) is 1.89. The molecule has 1 saturated heterocycles. The molecule has 0 spiro atoms. The van der Waals surface area contributed by atoms with E-state index >= 15 is 0 Å². The van der Waals surface area contributed by atoms with Gasteiger partial charge in [0.25, 0.3) is 0 Å². The van der Waals surface area contributed by atoms with Crippen LogP contribution in [-0.2, 0) is 20.5 Å². The zero-order valence-corrected chi connectivity index (χ0v) is 26.3. The van der Waals surface area contributed by atoms with Gasteiger partial charge in [-0.15, -0.1) is 0 Å². The Morgan fingerprint density at radius 2 is 1.71 bits per heavy atom. The number of aryl methyl sites for hydroxylation is 2. The maximum absolute atomic E-state index is 13.4. The van der Waals surface area contributed by atoms with Crippen molar-refractivity contribution in [2.45, 2.75) is 58.0 Å². The van der Waals surface area contributed by atoms with E-state index in [0.717, 1.165) is 37.1 Å². The van der Waals surface area contributed by atoms with E-state index < -0.39 is 22.7 Å². The summed E-state index contributed by atoms with van der Waals surface area (Å²) in [4.78, 5) is 34.5. The molecule has 1 aromatic heterocycles. The molecule has 0 saturated carbocycles. The SMILES string of the molecule is COc1cc(C)c(S(=O)N(C)CCN(CC(=O)NCC2CCN(c3ccncc3)CC2)C(=O)OC(C)(C)C)c(C)c1. The van der Waals surface area contributed by atoms with Crippen LogP contribution in [0.5, 0.6) is 5.75 Å². The Hall–Kier alpha value is -3.18. The topological polar surface area (TPSA) is 104 Å². The van der Waals surface area contributed by atoms with E-state index in [1.165, 1.54) is 10.6 Å². The molecule has 11 heteroatoms. The number of pyridine rings is 1. The van der Waals surface area contributed by atoms with E-state index in [0.29, 0.717) is 23.1 Å². The minimum absolute atomic E-state index is 0.133. The summed E-state index contributed by atoms with van der Waals surface area (Å²) in [5.41, 5.74) is 2.18. The Labute approximate surface area is 247 Å². The smallest absolute Gasteiger partial charge is 0.410 e. The minimum atomic E-state index is -1.46. The van der Waals surface area contributed by atoms with Crippen molar-refractivity contribution in [3.63, 3.8) is 0 Å². The minimum Gasteiger partial charge on any atom is -0.497 e. The lowest BCUT2D eigenvalue weighted by molar-refractivity contribution is -0.122. The third-order valence-electron chi connectivity index (χ3n) is 7.03. The molecule has 226 valence electrons. The van der Waals surface area contributed by atoms with Gasteiger partial charge in [0.1, 0.15) is 28.9 Å². The van der Waals surface area contributed by atoms with Crippen LogP contribution in [0.4, 0.5) is 10.5 Å². The average Bonchev–Trinajstić information content (AvgIpc) is 2.93. The Kier molecular flexibility index (Phi) is 11.5. The first-order chi connectivity index (χ1) is 19.4. The Bertz CT molecular complexity index is 1170. The third-order valence-corrected chi connectivity index (χ3v) is 8.77. The van der Waals surface area contributed by atoms with Crippen LogP contribution in [0.2, 0.25) is 0 Å². The number of methoxy groups -OCH3 is 1. The summed E-state index contributed by atoms with van der Waals surface area (Å²) >= 11 is 0. The second-order valence-corrected chi connectivity index (χ2v) is 13.1. The molecule has 1 unspecified atom stereocenters. The number of ether oxygens (including phenoxy) is 2. The molecule has 1 aliphatic heterocycles. The second-order valence-electron chi connectivity index (χ2n) is 11.5. The molecule has 2 amide bonds. The monoisotopic (exact) mass is 587 g/mol. The van der Waals surface area contributed by atoms with Gasteiger partial charge in [0.05, 0.1) is 12.0 Å². The van der Waals surface area contributed by atoms with Crippen LogP contribution in [0.3, 0.4) is 0 Å². The number of aromatic nitrogens is 1. The van der Waals surface area contributed by atoms with Gasteiger partial charge >= 0.3 is 6.09 Å². The Balaban J connectivity index is 1.56. The molecule has 3 rings (SSSR count). The van der Waals surface area contributed by atoms with Crippen LogP contribution in [0.15, 0.2) is 41.6 Å². The summed E-state index contributed by atoms with van der Waals surface area (Å²) in [6.45, 7) is 11.9. The number of carbonyl (C=O) groups is 2. The fraction of sp³-hybridized carbons (Fsp3) is 0.567. The molecule has 1 aliphatic rings. The van der Waals surface area contributed by atoms with Gasteiger partial charge < -0.3 is 19.7 Å². The Morgan fingerprint density at radius 3 is 2.27 bits per heavy atom. The van der Waals surface area contributed by atoms with Gasteiger partial charge in [0.15, 0.2) is 0 Å². The first-order valence-corrected chi connectivity index (χ1v) is 15.2. The van der Waals surface area contributed by atoms with Crippen LogP contribution >= 0.6 is 0 Å². The number of benzene rings is 1. The maximum Gasteiger partial charge on any atom is 0.410 e. The fourth-order valence-electron chi connectivity index (χ4n) is 4.80. The van der Waals surface area contributed by atoms with E-state index in [9.17, 15) is 13.8 Å². The van der Waals surface area contributed by atoms with Crippen molar-refractivity contribution in [2.24, 2.45) is 5.92 Å². The van der Waals surface area contributed by atoms with Crippen LogP contribution < -0.4 is 15.0 Å². The number of rotatable bonds is 11. The normalized spacial score (nSPS) is 15.0. The van der Waals surface area contributed by atoms with Crippen molar-refractivity contribution < 1.29 is 23.3 Å². The molecule has 0 bridgehead atoms. The standard InChI is InChI=1S/C30H45N5O5S/c1-22-18-26(39-7)19-23(2)28(22)41(38)33(6)16-17-35(29(37)40-30(3,4)5)21-27(36)32-20-24-10-14-34(15-11-24)25-8-12-31-13-9-25/h8-9,12-13,18-19,24H,10-11,14-17,20-21H2,1-7H3,(H,32,36). The fourth-order valence-corrected chi connectivity index (χ4v) is 6.03. The molecule has 0 radical (unpaired) electrons. The van der Waals surface area contributed by atoms with Gasteiger partial charge in [-0.05, 0) is 88.8 Å². The lowest BCUT2D eigenvalue weighted by Gasteiger charge is -2.33. The van der Waals surface area contributed by atoms with Crippen LogP contribution in [0.25, 0.3) is 0 Å². The number of hydrogen-bond donors (Lipinski definition) is 1. The molecule has 0 aliphatic carbocycles. The molecule has 1 N–H and O–H groups in total.